The Morgan fingerprint density at radius 3 is 2.20 bits per heavy atom. The third-order valence-corrected chi connectivity index (χ3v) is 5.59. The summed E-state index contributed by atoms with van der Waals surface area (Å²) in [6.07, 6.45) is 1.98. The maximum Gasteiger partial charge on any atom is 0.256 e. The van der Waals surface area contributed by atoms with Gasteiger partial charge in [-0.3, -0.25) is 9.59 Å². The number of hydrogen-bond acceptors (Lipinski definition) is 3. The van der Waals surface area contributed by atoms with Crippen LogP contribution in [0.15, 0.2) is 60.8 Å². The van der Waals surface area contributed by atoms with Gasteiger partial charge in [0.1, 0.15) is 0 Å². The first-order valence-corrected chi connectivity index (χ1v) is 10.4. The van der Waals surface area contributed by atoms with Crippen LogP contribution in [0.2, 0.25) is 0 Å². The minimum absolute atomic E-state index is 0.0396. The number of carbonyl (C=O) groups excluding carboxylic acids is 2. The van der Waals surface area contributed by atoms with Crippen LogP contribution in [0.25, 0.3) is 10.9 Å². The molecule has 0 atom stereocenters. The molecule has 0 spiro atoms. The molecule has 0 N–H and O–H groups in total. The molecule has 30 heavy (non-hydrogen) atoms. The van der Waals surface area contributed by atoms with E-state index in [2.05, 4.69) is 22.8 Å². The molecule has 2 aromatic carbocycles. The van der Waals surface area contributed by atoms with Gasteiger partial charge in [0, 0.05) is 49.8 Å². The topological polar surface area (TPSA) is 48.8 Å². The summed E-state index contributed by atoms with van der Waals surface area (Å²) in [6.45, 7) is 3.43. The lowest BCUT2D eigenvalue weighted by molar-refractivity contribution is -0.133. The zero-order valence-electron chi connectivity index (χ0n) is 17.6. The highest BCUT2D eigenvalue weighted by molar-refractivity contribution is 6.07. The average Bonchev–Trinajstić information content (AvgIpc) is 3.12. The Kier molecular flexibility index (Phi) is 5.86. The lowest BCUT2D eigenvalue weighted by Gasteiger charge is -2.35. The number of aromatic nitrogens is 1. The number of piperazine rings is 1. The molecule has 6 heteroatoms. The molecule has 6 nitrogen and oxygen atoms in total. The van der Waals surface area contributed by atoms with Crippen molar-refractivity contribution in [3.8, 4) is 0 Å². The van der Waals surface area contributed by atoms with E-state index in [9.17, 15) is 9.59 Å². The van der Waals surface area contributed by atoms with Crippen molar-refractivity contribution in [3.05, 3.63) is 71.9 Å². The maximum atomic E-state index is 13.3. The Balaban J connectivity index is 1.52. The summed E-state index contributed by atoms with van der Waals surface area (Å²) in [5.74, 6) is 0.157. The number of likely N-dealkylation sites (N-methyl/N-ethyl adjacent to an activating group) is 1. The number of carbonyl (C=O) groups is 2. The molecule has 0 unspecified atom stereocenters. The molecule has 2 amide bonds. The molecule has 0 aliphatic carbocycles. The van der Waals surface area contributed by atoms with Crippen LogP contribution in [-0.2, 0) is 11.3 Å². The normalized spacial score (nSPS) is 14.5. The van der Waals surface area contributed by atoms with E-state index in [0.29, 0.717) is 32.7 Å². The average molecular weight is 405 g/mol. The molecule has 3 aromatic rings. The highest BCUT2D eigenvalue weighted by atomic mass is 16.2. The Morgan fingerprint density at radius 2 is 1.50 bits per heavy atom. The molecule has 156 valence electrons. The Hall–Kier alpha value is -3.12. The monoisotopic (exact) mass is 404 g/mol. The van der Waals surface area contributed by atoms with Gasteiger partial charge in [0.2, 0.25) is 5.91 Å². The second-order valence-electron chi connectivity index (χ2n) is 8.08. The zero-order chi connectivity index (χ0) is 21.1. The van der Waals surface area contributed by atoms with E-state index >= 15 is 0 Å². The summed E-state index contributed by atoms with van der Waals surface area (Å²) < 4.78 is 2.15. The molecule has 1 fully saturated rings. The lowest BCUT2D eigenvalue weighted by Crippen LogP contribution is -2.52. The predicted molar refractivity (Wildman–Crippen MR) is 119 cm³/mol. The minimum atomic E-state index is 0.0396. The van der Waals surface area contributed by atoms with E-state index in [1.807, 2.05) is 71.4 Å². The summed E-state index contributed by atoms with van der Waals surface area (Å²) in [5, 5.41) is 0.976. The van der Waals surface area contributed by atoms with Crippen molar-refractivity contribution in [3.63, 3.8) is 0 Å². The lowest BCUT2D eigenvalue weighted by atomic mass is 10.1. The zero-order valence-corrected chi connectivity index (χ0v) is 17.6. The van der Waals surface area contributed by atoms with Crippen LogP contribution in [0.3, 0.4) is 0 Å². The fourth-order valence-corrected chi connectivity index (χ4v) is 4.03. The van der Waals surface area contributed by atoms with Crippen LogP contribution in [0.5, 0.6) is 0 Å². The van der Waals surface area contributed by atoms with E-state index < -0.39 is 0 Å². The predicted octanol–water partition coefficient (Wildman–Crippen LogP) is 2.54. The number of hydrogen-bond donors (Lipinski definition) is 0. The molecule has 4 rings (SSSR count). The molecular weight excluding hydrogens is 376 g/mol. The van der Waals surface area contributed by atoms with E-state index in [1.165, 1.54) is 5.56 Å². The largest absolute Gasteiger partial charge is 0.342 e. The first-order chi connectivity index (χ1) is 14.5. The number of fused-ring (bicyclic) bond motifs is 1. The van der Waals surface area contributed by atoms with Gasteiger partial charge in [0.05, 0.1) is 12.1 Å². The standard InChI is InChI=1S/C24H28N4O2/c1-25(2)18-23(29)26-12-14-27(15-13-26)24(30)21-17-28(16-19-8-4-3-5-9-19)22-11-7-6-10-20(21)22/h3-11,17H,12-16,18H2,1-2H3. The number of benzene rings is 2. The first kappa shape index (κ1) is 20.2. The van der Waals surface area contributed by atoms with Crippen LogP contribution >= 0.6 is 0 Å². The third kappa shape index (κ3) is 4.24. The van der Waals surface area contributed by atoms with Crippen molar-refractivity contribution in [2.45, 2.75) is 6.54 Å². The van der Waals surface area contributed by atoms with Crippen LogP contribution < -0.4 is 0 Å². The number of amides is 2. The summed E-state index contributed by atoms with van der Waals surface area (Å²) in [6, 6.07) is 18.3. The highest BCUT2D eigenvalue weighted by Gasteiger charge is 2.26. The summed E-state index contributed by atoms with van der Waals surface area (Å²) in [7, 11) is 3.78. The number of nitrogens with zero attached hydrogens (tertiary/aromatic N) is 4. The summed E-state index contributed by atoms with van der Waals surface area (Å²) >= 11 is 0. The van der Waals surface area contributed by atoms with Crippen molar-refractivity contribution in [2.75, 3.05) is 46.8 Å². The van der Waals surface area contributed by atoms with Crippen molar-refractivity contribution < 1.29 is 9.59 Å². The molecule has 0 radical (unpaired) electrons. The quantitative estimate of drug-likeness (QED) is 0.657. The second kappa shape index (κ2) is 8.71. The fourth-order valence-electron chi connectivity index (χ4n) is 4.03. The first-order valence-electron chi connectivity index (χ1n) is 10.4. The smallest absolute Gasteiger partial charge is 0.256 e. The van der Waals surface area contributed by atoms with Crippen molar-refractivity contribution in [2.24, 2.45) is 0 Å². The Morgan fingerprint density at radius 1 is 0.867 bits per heavy atom. The van der Waals surface area contributed by atoms with Gasteiger partial charge in [-0.25, -0.2) is 0 Å². The molecule has 1 saturated heterocycles. The highest BCUT2D eigenvalue weighted by Crippen LogP contribution is 2.24. The summed E-state index contributed by atoms with van der Waals surface area (Å²) in [5.41, 5.74) is 2.99. The second-order valence-corrected chi connectivity index (χ2v) is 8.08. The van der Waals surface area contributed by atoms with Gasteiger partial charge in [-0.05, 0) is 25.7 Å². The van der Waals surface area contributed by atoms with Crippen molar-refractivity contribution in [1.29, 1.82) is 0 Å². The van der Waals surface area contributed by atoms with E-state index in [1.54, 1.807) is 0 Å². The van der Waals surface area contributed by atoms with Crippen LogP contribution in [0.4, 0.5) is 0 Å². The molecule has 0 saturated carbocycles. The number of rotatable bonds is 5. The van der Waals surface area contributed by atoms with Gasteiger partial charge < -0.3 is 19.3 Å². The maximum absolute atomic E-state index is 13.3. The molecule has 1 aromatic heterocycles. The van der Waals surface area contributed by atoms with E-state index in [-0.39, 0.29) is 11.8 Å². The minimum Gasteiger partial charge on any atom is -0.342 e. The van der Waals surface area contributed by atoms with Crippen LogP contribution in [-0.4, -0.2) is 77.9 Å². The summed E-state index contributed by atoms with van der Waals surface area (Å²) in [4.78, 5) is 31.2. The Labute approximate surface area is 177 Å². The van der Waals surface area contributed by atoms with E-state index in [4.69, 9.17) is 0 Å². The van der Waals surface area contributed by atoms with Crippen molar-refractivity contribution >= 4 is 22.7 Å². The molecule has 1 aliphatic rings. The third-order valence-electron chi connectivity index (χ3n) is 5.59. The fraction of sp³-hybridized carbons (Fsp3) is 0.333. The van der Waals surface area contributed by atoms with Gasteiger partial charge in [-0.2, -0.15) is 0 Å². The molecular formula is C24H28N4O2. The molecule has 2 heterocycles. The van der Waals surface area contributed by atoms with Gasteiger partial charge in [0.15, 0.2) is 0 Å². The van der Waals surface area contributed by atoms with Crippen LogP contribution in [0, 0.1) is 0 Å². The van der Waals surface area contributed by atoms with Gasteiger partial charge >= 0.3 is 0 Å². The van der Waals surface area contributed by atoms with Crippen molar-refractivity contribution in [1.82, 2.24) is 19.3 Å². The van der Waals surface area contributed by atoms with Crippen LogP contribution in [0.1, 0.15) is 15.9 Å². The SMILES string of the molecule is CN(C)CC(=O)N1CCN(C(=O)c2cn(Cc3ccccc3)c3ccccc23)CC1. The van der Waals surface area contributed by atoms with Gasteiger partial charge in [0.25, 0.3) is 5.91 Å². The van der Waals surface area contributed by atoms with Gasteiger partial charge in [-0.1, -0.05) is 48.5 Å². The van der Waals surface area contributed by atoms with E-state index in [0.717, 1.165) is 23.0 Å². The van der Waals surface area contributed by atoms with Gasteiger partial charge in [-0.15, -0.1) is 0 Å². The Bertz CT molecular complexity index is 1030. The molecule has 1 aliphatic heterocycles. The number of para-hydroxylation sites is 1. The molecule has 0 bridgehead atoms.